The molecule has 2 aliphatic heterocycles. The van der Waals surface area contributed by atoms with E-state index in [0.29, 0.717) is 6.04 Å². The molecule has 2 saturated heterocycles. The Kier molecular flexibility index (Phi) is 4.57. The molecule has 1 unspecified atom stereocenters. The van der Waals surface area contributed by atoms with E-state index in [0.717, 1.165) is 67.7 Å². The quantitative estimate of drug-likeness (QED) is 0.909. The maximum Gasteiger partial charge on any atom is 0.265 e. The van der Waals surface area contributed by atoms with Gasteiger partial charge in [-0.25, -0.2) is 4.98 Å². The van der Waals surface area contributed by atoms with Crippen LogP contribution in [-0.2, 0) is 6.42 Å². The number of piperazine rings is 1. The maximum atomic E-state index is 12.7. The Balaban J connectivity index is 1.64. The number of rotatable bonds is 3. The fourth-order valence-corrected chi connectivity index (χ4v) is 4.19. The summed E-state index contributed by atoms with van der Waals surface area (Å²) in [6.07, 6.45) is 2.01. The van der Waals surface area contributed by atoms with Crippen LogP contribution < -0.4 is 5.32 Å². The van der Waals surface area contributed by atoms with Crippen molar-refractivity contribution in [2.75, 3.05) is 39.3 Å². The molecule has 2 aliphatic rings. The van der Waals surface area contributed by atoms with E-state index in [-0.39, 0.29) is 5.91 Å². The first kappa shape index (κ1) is 14.9. The number of hydrogen-bond donors (Lipinski definition) is 1. The Morgan fingerprint density at radius 3 is 2.81 bits per heavy atom. The lowest BCUT2D eigenvalue weighted by Gasteiger charge is -2.32. The van der Waals surface area contributed by atoms with E-state index in [2.05, 4.69) is 22.1 Å². The summed E-state index contributed by atoms with van der Waals surface area (Å²) in [5.74, 6) is 0.183. The van der Waals surface area contributed by atoms with Crippen LogP contribution in [0.2, 0.25) is 0 Å². The number of likely N-dealkylation sites (tertiary alicyclic amines) is 1. The molecular weight excluding hydrogens is 284 g/mol. The smallest absolute Gasteiger partial charge is 0.265 e. The zero-order valence-corrected chi connectivity index (χ0v) is 13.7. The van der Waals surface area contributed by atoms with Gasteiger partial charge in [0.15, 0.2) is 0 Å². The molecular formula is C15H24N4OS. The number of thiazole rings is 1. The maximum absolute atomic E-state index is 12.7. The van der Waals surface area contributed by atoms with Gasteiger partial charge in [-0.05, 0) is 19.8 Å². The van der Waals surface area contributed by atoms with Crippen LogP contribution in [0.5, 0.6) is 0 Å². The van der Waals surface area contributed by atoms with Crippen molar-refractivity contribution in [3.8, 4) is 0 Å². The molecule has 0 saturated carbocycles. The van der Waals surface area contributed by atoms with E-state index in [1.54, 1.807) is 11.3 Å². The SMILES string of the molecule is CCc1nc(C)c(C(=O)N2CCC(N3CCNCC3)C2)s1. The highest BCUT2D eigenvalue weighted by molar-refractivity contribution is 7.13. The van der Waals surface area contributed by atoms with Crippen LogP contribution in [0.3, 0.4) is 0 Å². The molecule has 1 aromatic rings. The predicted molar refractivity (Wildman–Crippen MR) is 85.0 cm³/mol. The molecule has 0 bridgehead atoms. The topological polar surface area (TPSA) is 48.5 Å². The van der Waals surface area contributed by atoms with Gasteiger partial charge >= 0.3 is 0 Å². The second-order valence-corrected chi connectivity index (χ2v) is 6.94. The summed E-state index contributed by atoms with van der Waals surface area (Å²) in [5.41, 5.74) is 0.896. The summed E-state index contributed by atoms with van der Waals surface area (Å²) < 4.78 is 0. The Hall–Kier alpha value is -0.980. The number of nitrogens with one attached hydrogen (secondary N) is 1. The Bertz CT molecular complexity index is 510. The fraction of sp³-hybridized carbons (Fsp3) is 0.733. The lowest BCUT2D eigenvalue weighted by Crippen LogP contribution is -2.49. The van der Waals surface area contributed by atoms with Crippen LogP contribution in [0, 0.1) is 6.92 Å². The Labute approximate surface area is 130 Å². The Morgan fingerprint density at radius 1 is 1.38 bits per heavy atom. The van der Waals surface area contributed by atoms with Gasteiger partial charge in [-0.2, -0.15) is 0 Å². The third kappa shape index (κ3) is 3.12. The first-order valence-corrected chi connectivity index (χ1v) is 8.71. The van der Waals surface area contributed by atoms with Crippen molar-refractivity contribution in [1.29, 1.82) is 0 Å². The molecule has 1 N–H and O–H groups in total. The molecule has 3 heterocycles. The van der Waals surface area contributed by atoms with Crippen molar-refractivity contribution in [1.82, 2.24) is 20.1 Å². The van der Waals surface area contributed by atoms with Gasteiger partial charge in [0.2, 0.25) is 0 Å². The van der Waals surface area contributed by atoms with Crippen LogP contribution in [0.4, 0.5) is 0 Å². The normalized spacial score (nSPS) is 23.7. The molecule has 2 fully saturated rings. The molecule has 1 amide bonds. The van der Waals surface area contributed by atoms with E-state index in [1.165, 1.54) is 0 Å². The second kappa shape index (κ2) is 6.42. The summed E-state index contributed by atoms with van der Waals surface area (Å²) in [7, 11) is 0. The third-order valence-corrected chi connectivity index (χ3v) is 5.75. The highest BCUT2D eigenvalue weighted by atomic mass is 32.1. The number of nitrogens with zero attached hydrogens (tertiary/aromatic N) is 3. The minimum absolute atomic E-state index is 0.183. The molecule has 1 aromatic heterocycles. The summed E-state index contributed by atoms with van der Waals surface area (Å²) in [6, 6.07) is 0.537. The van der Waals surface area contributed by atoms with Crippen molar-refractivity contribution in [3.63, 3.8) is 0 Å². The Morgan fingerprint density at radius 2 is 2.14 bits per heavy atom. The first-order chi connectivity index (χ1) is 10.2. The lowest BCUT2D eigenvalue weighted by molar-refractivity contribution is 0.0777. The summed E-state index contributed by atoms with van der Waals surface area (Å²) >= 11 is 1.57. The van der Waals surface area contributed by atoms with Crippen LogP contribution in [0.1, 0.15) is 33.7 Å². The van der Waals surface area contributed by atoms with Crippen LogP contribution >= 0.6 is 11.3 Å². The van der Waals surface area contributed by atoms with Crippen LogP contribution in [-0.4, -0.2) is 66.0 Å². The zero-order chi connectivity index (χ0) is 14.8. The molecule has 5 nitrogen and oxygen atoms in total. The number of hydrogen-bond acceptors (Lipinski definition) is 5. The number of aromatic nitrogens is 1. The summed E-state index contributed by atoms with van der Waals surface area (Å²) in [6.45, 7) is 10.1. The van der Waals surface area contributed by atoms with E-state index < -0.39 is 0 Å². The highest BCUT2D eigenvalue weighted by Crippen LogP contribution is 2.24. The van der Waals surface area contributed by atoms with Crippen LogP contribution in [0.15, 0.2) is 0 Å². The van der Waals surface area contributed by atoms with Crippen molar-refractivity contribution < 1.29 is 4.79 Å². The van der Waals surface area contributed by atoms with Crippen molar-refractivity contribution in [3.05, 3.63) is 15.6 Å². The average molecular weight is 308 g/mol. The van der Waals surface area contributed by atoms with Gasteiger partial charge in [0, 0.05) is 45.3 Å². The molecule has 0 aliphatic carbocycles. The lowest BCUT2D eigenvalue weighted by atomic mass is 10.2. The van der Waals surface area contributed by atoms with Gasteiger partial charge in [0.05, 0.1) is 10.7 Å². The highest BCUT2D eigenvalue weighted by Gasteiger charge is 2.32. The summed E-state index contributed by atoms with van der Waals surface area (Å²) in [5, 5.41) is 4.45. The number of amides is 1. The number of carbonyl (C=O) groups excluding carboxylic acids is 1. The average Bonchev–Trinajstić information content (AvgIpc) is 3.14. The first-order valence-electron chi connectivity index (χ1n) is 7.89. The van der Waals surface area contributed by atoms with Gasteiger partial charge in [0.1, 0.15) is 4.88 Å². The minimum Gasteiger partial charge on any atom is -0.336 e. The standard InChI is InChI=1S/C15H24N4OS/c1-3-13-17-11(2)14(21-13)15(20)19-7-4-12(10-19)18-8-5-16-6-9-18/h12,16H,3-10H2,1-2H3. The molecule has 0 radical (unpaired) electrons. The minimum atomic E-state index is 0.183. The molecule has 0 spiro atoms. The zero-order valence-electron chi connectivity index (χ0n) is 12.9. The van der Waals surface area contributed by atoms with E-state index in [4.69, 9.17) is 0 Å². The largest absolute Gasteiger partial charge is 0.336 e. The van der Waals surface area contributed by atoms with Gasteiger partial charge < -0.3 is 10.2 Å². The monoisotopic (exact) mass is 308 g/mol. The molecule has 1 atom stereocenters. The van der Waals surface area contributed by atoms with Gasteiger partial charge in [-0.1, -0.05) is 6.92 Å². The molecule has 3 rings (SSSR count). The molecule has 0 aromatic carbocycles. The second-order valence-electron chi connectivity index (χ2n) is 5.86. The molecule has 21 heavy (non-hydrogen) atoms. The van der Waals surface area contributed by atoms with Crippen molar-refractivity contribution in [2.45, 2.75) is 32.7 Å². The number of carbonyl (C=O) groups is 1. The van der Waals surface area contributed by atoms with Crippen molar-refractivity contribution >= 4 is 17.2 Å². The predicted octanol–water partition coefficient (Wildman–Crippen LogP) is 1.13. The van der Waals surface area contributed by atoms with E-state index in [1.807, 2.05) is 11.8 Å². The molecule has 116 valence electrons. The summed E-state index contributed by atoms with van der Waals surface area (Å²) in [4.78, 5) is 22.6. The van der Waals surface area contributed by atoms with Crippen LogP contribution in [0.25, 0.3) is 0 Å². The van der Waals surface area contributed by atoms with E-state index >= 15 is 0 Å². The third-order valence-electron chi connectivity index (χ3n) is 4.46. The van der Waals surface area contributed by atoms with E-state index in [9.17, 15) is 4.79 Å². The number of aryl methyl sites for hydroxylation is 2. The molecule has 6 heteroatoms. The van der Waals surface area contributed by atoms with Gasteiger partial charge in [0.25, 0.3) is 5.91 Å². The van der Waals surface area contributed by atoms with Gasteiger partial charge in [-0.3, -0.25) is 9.69 Å². The van der Waals surface area contributed by atoms with Gasteiger partial charge in [-0.15, -0.1) is 11.3 Å². The van der Waals surface area contributed by atoms with Crippen molar-refractivity contribution in [2.24, 2.45) is 0 Å². The fourth-order valence-electron chi connectivity index (χ4n) is 3.22.